The predicted molar refractivity (Wildman–Crippen MR) is 84.4 cm³/mol. The molecule has 0 saturated heterocycles. The van der Waals surface area contributed by atoms with Gasteiger partial charge in [0.05, 0.1) is 6.10 Å². The molecule has 0 aliphatic carbocycles. The zero-order valence-electron chi connectivity index (χ0n) is 13.1. The number of aromatic nitrogens is 3. The Morgan fingerprint density at radius 1 is 1.10 bits per heavy atom. The lowest BCUT2D eigenvalue weighted by Gasteiger charge is -2.19. The van der Waals surface area contributed by atoms with Gasteiger partial charge in [-0.05, 0) is 32.9 Å². The Kier molecular flexibility index (Phi) is 4.57. The first-order chi connectivity index (χ1) is 9.99. The van der Waals surface area contributed by atoms with Gasteiger partial charge in [-0.15, -0.1) is 0 Å². The van der Waals surface area contributed by atoms with E-state index in [0.717, 1.165) is 5.69 Å². The number of hydrogen-bond acceptors (Lipinski definition) is 6. The maximum Gasteiger partial charge on any atom is 0.323 e. The van der Waals surface area contributed by atoms with Crippen LogP contribution in [-0.2, 0) is 0 Å². The molecule has 2 aromatic rings. The number of nitrogens with zero attached hydrogens (tertiary/aromatic N) is 4. The van der Waals surface area contributed by atoms with Crippen molar-refractivity contribution in [2.45, 2.75) is 26.9 Å². The number of aryl methyl sites for hydroxylation is 1. The molecule has 0 saturated carbocycles. The van der Waals surface area contributed by atoms with Crippen LogP contribution in [0.5, 0.6) is 6.01 Å². The van der Waals surface area contributed by atoms with Crippen LogP contribution in [0.15, 0.2) is 24.3 Å². The molecule has 112 valence electrons. The molecule has 0 aliphatic heterocycles. The standard InChI is InChI=1S/C15H21N5O/c1-10(2)21-15-18-13(16-4)17-14(19-15)20(5)12-8-6-11(3)7-9-12/h6-10H,1-5H3,(H,16,17,18,19). The van der Waals surface area contributed by atoms with Crippen LogP contribution in [0.3, 0.4) is 0 Å². The zero-order valence-corrected chi connectivity index (χ0v) is 13.1. The van der Waals surface area contributed by atoms with E-state index >= 15 is 0 Å². The molecule has 0 fully saturated rings. The molecule has 1 aromatic heterocycles. The van der Waals surface area contributed by atoms with Gasteiger partial charge in [0, 0.05) is 19.8 Å². The summed E-state index contributed by atoms with van der Waals surface area (Å²) in [7, 11) is 3.68. The van der Waals surface area contributed by atoms with E-state index < -0.39 is 0 Å². The average molecular weight is 287 g/mol. The fraction of sp³-hybridized carbons (Fsp3) is 0.400. The van der Waals surface area contributed by atoms with Gasteiger partial charge in [0.25, 0.3) is 0 Å². The van der Waals surface area contributed by atoms with Gasteiger partial charge in [-0.25, -0.2) is 0 Å². The van der Waals surface area contributed by atoms with Gasteiger partial charge in [-0.1, -0.05) is 17.7 Å². The number of benzene rings is 1. The van der Waals surface area contributed by atoms with Gasteiger partial charge < -0.3 is 15.0 Å². The molecule has 6 nitrogen and oxygen atoms in total. The second-order valence-electron chi connectivity index (χ2n) is 5.05. The van der Waals surface area contributed by atoms with Crippen molar-refractivity contribution in [1.82, 2.24) is 15.0 Å². The summed E-state index contributed by atoms with van der Waals surface area (Å²) in [6.07, 6.45) is 0.00892. The molecule has 1 aromatic carbocycles. The van der Waals surface area contributed by atoms with Crippen LogP contribution in [0, 0.1) is 6.92 Å². The Labute approximate surface area is 125 Å². The number of ether oxygens (including phenoxy) is 1. The quantitative estimate of drug-likeness (QED) is 0.912. The fourth-order valence-electron chi connectivity index (χ4n) is 1.76. The van der Waals surface area contributed by atoms with E-state index in [0.29, 0.717) is 17.9 Å². The minimum absolute atomic E-state index is 0.00892. The third-order valence-corrected chi connectivity index (χ3v) is 2.89. The minimum atomic E-state index is 0.00892. The molecule has 0 aliphatic rings. The summed E-state index contributed by atoms with van der Waals surface area (Å²) in [4.78, 5) is 14.8. The highest BCUT2D eigenvalue weighted by molar-refractivity contribution is 5.57. The van der Waals surface area contributed by atoms with E-state index in [2.05, 4.69) is 39.3 Å². The van der Waals surface area contributed by atoms with Crippen LogP contribution in [0.1, 0.15) is 19.4 Å². The summed E-state index contributed by atoms with van der Waals surface area (Å²) in [6, 6.07) is 8.48. The van der Waals surface area contributed by atoms with Crippen LogP contribution < -0.4 is 15.0 Å². The van der Waals surface area contributed by atoms with E-state index in [-0.39, 0.29) is 6.10 Å². The van der Waals surface area contributed by atoms with E-state index in [4.69, 9.17) is 4.74 Å². The number of anilines is 3. The maximum absolute atomic E-state index is 5.57. The molecule has 0 bridgehead atoms. The Balaban J connectivity index is 2.34. The largest absolute Gasteiger partial charge is 0.461 e. The van der Waals surface area contributed by atoms with Crippen LogP contribution in [-0.4, -0.2) is 35.2 Å². The highest BCUT2D eigenvalue weighted by Crippen LogP contribution is 2.23. The smallest absolute Gasteiger partial charge is 0.323 e. The van der Waals surface area contributed by atoms with Crippen molar-refractivity contribution >= 4 is 17.6 Å². The molecule has 0 amide bonds. The Morgan fingerprint density at radius 2 is 1.76 bits per heavy atom. The van der Waals surface area contributed by atoms with Gasteiger partial charge in [0.1, 0.15) is 0 Å². The van der Waals surface area contributed by atoms with Gasteiger partial charge in [-0.3, -0.25) is 0 Å². The van der Waals surface area contributed by atoms with Gasteiger partial charge in [0.2, 0.25) is 11.9 Å². The molecule has 1 heterocycles. The van der Waals surface area contributed by atoms with Crippen molar-refractivity contribution in [3.8, 4) is 6.01 Å². The summed E-state index contributed by atoms with van der Waals surface area (Å²) in [5.74, 6) is 1.02. The van der Waals surface area contributed by atoms with Gasteiger partial charge >= 0.3 is 6.01 Å². The van der Waals surface area contributed by atoms with Crippen LogP contribution in [0.25, 0.3) is 0 Å². The molecule has 0 spiro atoms. The average Bonchev–Trinajstić information content (AvgIpc) is 2.46. The first-order valence-corrected chi connectivity index (χ1v) is 6.90. The van der Waals surface area contributed by atoms with Crippen molar-refractivity contribution in [3.05, 3.63) is 29.8 Å². The van der Waals surface area contributed by atoms with Crippen molar-refractivity contribution < 1.29 is 4.74 Å². The summed E-state index contributed by atoms with van der Waals surface area (Å²) < 4.78 is 5.57. The summed E-state index contributed by atoms with van der Waals surface area (Å²) in [5.41, 5.74) is 2.21. The van der Waals surface area contributed by atoms with Crippen molar-refractivity contribution in [2.24, 2.45) is 0 Å². The molecule has 0 radical (unpaired) electrons. The second-order valence-corrected chi connectivity index (χ2v) is 5.05. The fourth-order valence-corrected chi connectivity index (χ4v) is 1.76. The summed E-state index contributed by atoms with van der Waals surface area (Å²) >= 11 is 0. The molecule has 21 heavy (non-hydrogen) atoms. The molecular formula is C15H21N5O. The first kappa shape index (κ1) is 15.0. The van der Waals surface area contributed by atoms with Gasteiger partial charge in [-0.2, -0.15) is 15.0 Å². The molecule has 2 rings (SSSR count). The topological polar surface area (TPSA) is 63.2 Å². The third-order valence-electron chi connectivity index (χ3n) is 2.89. The maximum atomic E-state index is 5.57. The van der Waals surface area contributed by atoms with E-state index in [9.17, 15) is 0 Å². The number of rotatable bonds is 5. The third kappa shape index (κ3) is 3.81. The zero-order chi connectivity index (χ0) is 15.4. The number of hydrogen-bond donors (Lipinski definition) is 1. The lowest BCUT2D eigenvalue weighted by molar-refractivity contribution is 0.222. The highest BCUT2D eigenvalue weighted by atomic mass is 16.5. The lowest BCUT2D eigenvalue weighted by atomic mass is 10.2. The summed E-state index contributed by atoms with van der Waals surface area (Å²) in [5, 5.41) is 2.93. The molecule has 0 atom stereocenters. The molecular weight excluding hydrogens is 266 g/mol. The molecule has 0 unspecified atom stereocenters. The first-order valence-electron chi connectivity index (χ1n) is 6.90. The highest BCUT2D eigenvalue weighted by Gasteiger charge is 2.13. The van der Waals surface area contributed by atoms with E-state index in [1.54, 1.807) is 7.05 Å². The van der Waals surface area contributed by atoms with Crippen molar-refractivity contribution in [3.63, 3.8) is 0 Å². The SMILES string of the molecule is CNc1nc(OC(C)C)nc(N(C)c2ccc(C)cc2)n1. The predicted octanol–water partition coefficient (Wildman–Crippen LogP) is 2.78. The van der Waals surface area contributed by atoms with Crippen LogP contribution in [0.4, 0.5) is 17.6 Å². The Bertz CT molecular complexity index is 598. The molecule has 6 heteroatoms. The van der Waals surface area contributed by atoms with Gasteiger partial charge in [0.15, 0.2) is 0 Å². The molecule has 1 N–H and O–H groups in total. The van der Waals surface area contributed by atoms with Crippen molar-refractivity contribution in [1.29, 1.82) is 0 Å². The van der Waals surface area contributed by atoms with Crippen LogP contribution in [0.2, 0.25) is 0 Å². The number of nitrogens with one attached hydrogen (secondary N) is 1. The Hall–Kier alpha value is -2.37. The van der Waals surface area contributed by atoms with Crippen molar-refractivity contribution in [2.75, 3.05) is 24.3 Å². The normalized spacial score (nSPS) is 10.6. The van der Waals surface area contributed by atoms with E-state index in [1.165, 1.54) is 5.56 Å². The summed E-state index contributed by atoms with van der Waals surface area (Å²) in [6.45, 7) is 5.93. The van der Waals surface area contributed by atoms with E-state index in [1.807, 2.05) is 37.9 Å². The lowest BCUT2D eigenvalue weighted by Crippen LogP contribution is -2.17. The Morgan fingerprint density at radius 3 is 2.33 bits per heavy atom. The second kappa shape index (κ2) is 6.39. The van der Waals surface area contributed by atoms with Crippen LogP contribution >= 0.6 is 0 Å². The monoisotopic (exact) mass is 287 g/mol. The minimum Gasteiger partial charge on any atom is -0.461 e.